The first-order chi connectivity index (χ1) is 7.29. The molecule has 0 aromatic heterocycles. The maximum Gasteiger partial charge on any atom is 0.246 e. The minimum Gasteiger partial charge on any atom is -0.464 e. The first kappa shape index (κ1) is 10.6. The molecule has 80 valence electrons. The lowest BCUT2D eigenvalue weighted by Crippen LogP contribution is -2.00. The first-order valence-electron chi connectivity index (χ1n) is 5.20. The van der Waals surface area contributed by atoms with Gasteiger partial charge in [-0.1, -0.05) is 41.6 Å². The van der Waals surface area contributed by atoms with Crippen molar-refractivity contribution < 1.29 is 4.74 Å². The highest BCUT2D eigenvalue weighted by Gasteiger charge is 2.23. The van der Waals surface area contributed by atoms with Gasteiger partial charge < -0.3 is 4.74 Å². The van der Waals surface area contributed by atoms with Crippen molar-refractivity contribution in [3.8, 4) is 0 Å². The number of benzene rings is 1. The Morgan fingerprint density at radius 1 is 1.40 bits per heavy atom. The van der Waals surface area contributed by atoms with Gasteiger partial charge in [0.25, 0.3) is 0 Å². The molecular weight excluding hydrogens is 206 g/mol. The predicted molar refractivity (Wildman–Crippen MR) is 65.4 cm³/mol. The Morgan fingerprint density at radius 3 is 2.80 bits per heavy atom. The van der Waals surface area contributed by atoms with Crippen LogP contribution in [-0.4, -0.2) is 17.5 Å². The highest BCUT2D eigenvalue weighted by molar-refractivity contribution is 8.13. The van der Waals surface area contributed by atoms with Crippen molar-refractivity contribution in [1.29, 1.82) is 0 Å². The molecule has 1 fully saturated rings. The third-order valence-corrected chi connectivity index (χ3v) is 3.28. The number of nitrogens with zero attached hydrogens (tertiary/aromatic N) is 1. The number of hydrogen-bond donors (Lipinski definition) is 0. The SMILES string of the molecule is CCN=C1OC(c2ccc(C)cc2)CS1. The fraction of sp³-hybridized carbons (Fsp3) is 0.417. The molecule has 0 amide bonds. The second kappa shape index (κ2) is 4.71. The third kappa shape index (κ3) is 2.53. The standard InChI is InChI=1S/C12H15NOS/c1-3-13-12-14-11(8-15-12)10-6-4-9(2)5-7-10/h4-7,11H,3,8H2,1-2H3. The highest BCUT2D eigenvalue weighted by atomic mass is 32.2. The monoisotopic (exact) mass is 221 g/mol. The van der Waals surface area contributed by atoms with E-state index in [0.29, 0.717) is 0 Å². The van der Waals surface area contributed by atoms with Crippen LogP contribution in [0, 0.1) is 6.92 Å². The fourth-order valence-electron chi connectivity index (χ4n) is 1.49. The minimum absolute atomic E-state index is 0.181. The molecule has 1 unspecified atom stereocenters. The Hall–Kier alpha value is -0.960. The summed E-state index contributed by atoms with van der Waals surface area (Å²) in [5.74, 6) is 0.974. The van der Waals surface area contributed by atoms with Gasteiger partial charge in [-0.15, -0.1) is 0 Å². The molecule has 1 saturated heterocycles. The lowest BCUT2D eigenvalue weighted by molar-refractivity contribution is 0.235. The van der Waals surface area contributed by atoms with E-state index in [1.54, 1.807) is 11.8 Å². The smallest absolute Gasteiger partial charge is 0.246 e. The van der Waals surface area contributed by atoms with Crippen LogP contribution in [0.15, 0.2) is 29.3 Å². The minimum atomic E-state index is 0.181. The van der Waals surface area contributed by atoms with Crippen molar-refractivity contribution in [3.05, 3.63) is 35.4 Å². The third-order valence-electron chi connectivity index (χ3n) is 2.34. The molecule has 0 saturated carbocycles. The zero-order chi connectivity index (χ0) is 10.7. The van der Waals surface area contributed by atoms with E-state index in [9.17, 15) is 0 Å². The molecule has 1 atom stereocenters. The van der Waals surface area contributed by atoms with Crippen LogP contribution in [0.25, 0.3) is 0 Å². The summed E-state index contributed by atoms with van der Waals surface area (Å²) in [6.07, 6.45) is 0.181. The maximum atomic E-state index is 5.74. The van der Waals surface area contributed by atoms with Crippen LogP contribution in [0.4, 0.5) is 0 Å². The number of thioether (sulfide) groups is 1. The quantitative estimate of drug-likeness (QED) is 0.765. The van der Waals surface area contributed by atoms with Gasteiger partial charge in [-0.05, 0) is 19.4 Å². The van der Waals surface area contributed by atoms with Crippen LogP contribution in [0.1, 0.15) is 24.2 Å². The molecule has 3 heteroatoms. The zero-order valence-electron chi connectivity index (χ0n) is 9.06. The molecule has 2 nitrogen and oxygen atoms in total. The van der Waals surface area contributed by atoms with Crippen LogP contribution in [-0.2, 0) is 4.74 Å². The average molecular weight is 221 g/mol. The van der Waals surface area contributed by atoms with Gasteiger partial charge in [0, 0.05) is 12.3 Å². The lowest BCUT2D eigenvalue weighted by atomic mass is 10.1. The predicted octanol–water partition coefficient (Wildman–Crippen LogP) is 3.18. The number of aliphatic imine (C=N–C) groups is 1. The largest absolute Gasteiger partial charge is 0.464 e. The van der Waals surface area contributed by atoms with Crippen molar-refractivity contribution in [2.24, 2.45) is 4.99 Å². The normalized spacial score (nSPS) is 23.1. The molecule has 1 heterocycles. The van der Waals surface area contributed by atoms with E-state index in [1.807, 2.05) is 6.92 Å². The number of aryl methyl sites for hydroxylation is 1. The van der Waals surface area contributed by atoms with E-state index in [4.69, 9.17) is 4.74 Å². The van der Waals surface area contributed by atoms with Gasteiger partial charge in [-0.2, -0.15) is 0 Å². The van der Waals surface area contributed by atoms with Crippen molar-refractivity contribution in [2.75, 3.05) is 12.3 Å². The molecule has 0 N–H and O–H groups in total. The molecule has 1 aliphatic heterocycles. The summed E-state index contributed by atoms with van der Waals surface area (Å²) in [6.45, 7) is 4.91. The summed E-state index contributed by atoms with van der Waals surface area (Å²) in [4.78, 5) is 4.27. The summed E-state index contributed by atoms with van der Waals surface area (Å²) in [5, 5.41) is 0.836. The number of hydrogen-bond acceptors (Lipinski definition) is 3. The maximum absolute atomic E-state index is 5.74. The van der Waals surface area contributed by atoms with E-state index < -0.39 is 0 Å². The Kier molecular flexibility index (Phi) is 3.31. The van der Waals surface area contributed by atoms with Crippen molar-refractivity contribution in [3.63, 3.8) is 0 Å². The van der Waals surface area contributed by atoms with E-state index in [0.717, 1.165) is 17.5 Å². The van der Waals surface area contributed by atoms with Crippen LogP contribution < -0.4 is 0 Å². The number of rotatable bonds is 2. The molecule has 2 rings (SSSR count). The van der Waals surface area contributed by atoms with Gasteiger partial charge in [-0.3, -0.25) is 0 Å². The highest BCUT2D eigenvalue weighted by Crippen LogP contribution is 2.31. The summed E-state index contributed by atoms with van der Waals surface area (Å²) >= 11 is 1.70. The number of ether oxygens (including phenoxy) is 1. The van der Waals surface area contributed by atoms with Crippen molar-refractivity contribution in [1.82, 2.24) is 0 Å². The van der Waals surface area contributed by atoms with Crippen LogP contribution in [0.3, 0.4) is 0 Å². The zero-order valence-corrected chi connectivity index (χ0v) is 9.88. The molecule has 1 aliphatic rings. The second-order valence-corrected chi connectivity index (χ2v) is 4.54. The molecule has 0 spiro atoms. The van der Waals surface area contributed by atoms with Crippen molar-refractivity contribution in [2.45, 2.75) is 20.0 Å². The van der Waals surface area contributed by atoms with Gasteiger partial charge in [-0.25, -0.2) is 4.99 Å². The first-order valence-corrected chi connectivity index (χ1v) is 6.18. The van der Waals surface area contributed by atoms with E-state index in [2.05, 4.69) is 36.2 Å². The lowest BCUT2D eigenvalue weighted by Gasteiger charge is -2.09. The Balaban J connectivity index is 2.07. The van der Waals surface area contributed by atoms with Gasteiger partial charge >= 0.3 is 0 Å². The molecule has 0 radical (unpaired) electrons. The fourth-order valence-corrected chi connectivity index (χ4v) is 2.45. The summed E-state index contributed by atoms with van der Waals surface area (Å²) in [7, 11) is 0. The molecule has 15 heavy (non-hydrogen) atoms. The molecule has 0 bridgehead atoms. The van der Waals surface area contributed by atoms with Gasteiger partial charge in [0.1, 0.15) is 6.10 Å². The Labute approximate surface area is 94.7 Å². The van der Waals surface area contributed by atoms with Crippen LogP contribution >= 0.6 is 11.8 Å². The molecular formula is C12H15NOS. The Bertz CT molecular complexity index is 358. The van der Waals surface area contributed by atoms with E-state index in [1.165, 1.54) is 11.1 Å². The topological polar surface area (TPSA) is 21.6 Å². The van der Waals surface area contributed by atoms with Crippen LogP contribution in [0.5, 0.6) is 0 Å². The molecule has 0 aliphatic carbocycles. The Morgan fingerprint density at radius 2 is 2.13 bits per heavy atom. The van der Waals surface area contributed by atoms with Gasteiger partial charge in [0.2, 0.25) is 5.23 Å². The summed E-state index contributed by atoms with van der Waals surface area (Å²) < 4.78 is 5.74. The summed E-state index contributed by atoms with van der Waals surface area (Å²) in [5.41, 5.74) is 2.53. The van der Waals surface area contributed by atoms with E-state index in [-0.39, 0.29) is 6.10 Å². The van der Waals surface area contributed by atoms with E-state index >= 15 is 0 Å². The van der Waals surface area contributed by atoms with Gasteiger partial charge in [0.15, 0.2) is 0 Å². The average Bonchev–Trinajstić information content (AvgIpc) is 2.68. The van der Waals surface area contributed by atoms with Crippen LogP contribution in [0.2, 0.25) is 0 Å². The summed E-state index contributed by atoms with van der Waals surface area (Å²) in [6, 6.07) is 8.52. The molecule has 1 aromatic rings. The van der Waals surface area contributed by atoms with Crippen molar-refractivity contribution >= 4 is 17.0 Å². The molecule has 1 aromatic carbocycles. The van der Waals surface area contributed by atoms with Gasteiger partial charge in [0.05, 0.1) is 0 Å². The second-order valence-electron chi connectivity index (χ2n) is 3.57.